The van der Waals surface area contributed by atoms with Crippen molar-refractivity contribution >= 4 is 18.3 Å². The van der Waals surface area contributed by atoms with Crippen molar-refractivity contribution in [3.8, 4) is 5.69 Å². The van der Waals surface area contributed by atoms with Crippen LogP contribution in [-0.4, -0.2) is 59.9 Å². The van der Waals surface area contributed by atoms with E-state index in [1.54, 1.807) is 0 Å². The topological polar surface area (TPSA) is 62.2 Å². The van der Waals surface area contributed by atoms with E-state index in [4.69, 9.17) is 0 Å². The highest BCUT2D eigenvalue weighted by Crippen LogP contribution is 2.27. The van der Waals surface area contributed by atoms with Crippen LogP contribution in [0.5, 0.6) is 0 Å². The summed E-state index contributed by atoms with van der Waals surface area (Å²) in [4.78, 5) is 15.2. The van der Waals surface area contributed by atoms with Crippen molar-refractivity contribution in [1.29, 1.82) is 0 Å². The van der Waals surface area contributed by atoms with Gasteiger partial charge < -0.3 is 15.5 Å². The van der Waals surface area contributed by atoms with E-state index < -0.39 is 0 Å². The van der Waals surface area contributed by atoms with E-state index in [2.05, 4.69) is 51.8 Å². The lowest BCUT2D eigenvalue weighted by Crippen LogP contribution is -2.44. The first-order chi connectivity index (χ1) is 13.2. The Balaban J connectivity index is 0.00000225. The van der Waals surface area contributed by atoms with E-state index in [9.17, 15) is 4.79 Å². The summed E-state index contributed by atoms with van der Waals surface area (Å²) >= 11 is 0. The number of benzene rings is 1. The largest absolute Gasteiger partial charge is 0.351 e. The molecule has 1 amide bonds. The zero-order chi connectivity index (χ0) is 18.6. The van der Waals surface area contributed by atoms with Crippen molar-refractivity contribution in [2.45, 2.75) is 32.6 Å². The molecule has 0 spiro atoms. The second kappa shape index (κ2) is 9.54. The van der Waals surface area contributed by atoms with Gasteiger partial charge in [-0.1, -0.05) is 17.7 Å². The minimum atomic E-state index is -0.0284. The van der Waals surface area contributed by atoms with Gasteiger partial charge in [-0.15, -0.1) is 12.4 Å². The van der Waals surface area contributed by atoms with Crippen LogP contribution >= 0.6 is 12.4 Å². The Kier molecular flexibility index (Phi) is 7.10. The first-order valence-electron chi connectivity index (χ1n) is 10.1. The predicted molar refractivity (Wildman–Crippen MR) is 114 cm³/mol. The molecule has 1 fully saturated rings. The maximum Gasteiger partial charge on any atom is 0.272 e. The van der Waals surface area contributed by atoms with Crippen molar-refractivity contribution < 1.29 is 4.79 Å². The molecule has 0 saturated carbocycles. The van der Waals surface area contributed by atoms with Crippen molar-refractivity contribution in [2.24, 2.45) is 0 Å². The summed E-state index contributed by atoms with van der Waals surface area (Å²) < 4.78 is 1.97. The predicted octanol–water partition coefficient (Wildman–Crippen LogP) is 2.12. The summed E-state index contributed by atoms with van der Waals surface area (Å²) in [5.41, 5.74) is 5.21. The number of piperazine rings is 1. The van der Waals surface area contributed by atoms with Gasteiger partial charge in [0, 0.05) is 44.0 Å². The Morgan fingerprint density at radius 3 is 2.68 bits per heavy atom. The number of aryl methyl sites for hydroxylation is 1. The van der Waals surface area contributed by atoms with E-state index in [-0.39, 0.29) is 18.3 Å². The highest BCUT2D eigenvalue weighted by atomic mass is 35.5. The first-order valence-corrected chi connectivity index (χ1v) is 10.1. The minimum absolute atomic E-state index is 0. The molecule has 1 aromatic heterocycles. The maximum atomic E-state index is 12.7. The summed E-state index contributed by atoms with van der Waals surface area (Å²) in [5, 5.41) is 11.1. The van der Waals surface area contributed by atoms with Crippen LogP contribution in [0.1, 0.15) is 40.2 Å². The van der Waals surface area contributed by atoms with Gasteiger partial charge in [-0.25, -0.2) is 4.68 Å². The van der Waals surface area contributed by atoms with Gasteiger partial charge in [0.05, 0.1) is 5.69 Å². The summed E-state index contributed by atoms with van der Waals surface area (Å²) in [5.74, 6) is -0.0284. The second-order valence-electron chi connectivity index (χ2n) is 7.58. The number of nitrogens with one attached hydrogen (secondary N) is 2. The Bertz CT molecular complexity index is 796. The molecule has 2 N–H and O–H groups in total. The van der Waals surface area contributed by atoms with E-state index in [1.807, 2.05) is 4.68 Å². The van der Waals surface area contributed by atoms with Gasteiger partial charge in [-0.2, -0.15) is 5.10 Å². The summed E-state index contributed by atoms with van der Waals surface area (Å²) in [7, 11) is 0. The molecule has 0 bridgehead atoms. The average molecular weight is 404 g/mol. The van der Waals surface area contributed by atoms with Crippen LogP contribution in [0.2, 0.25) is 0 Å². The summed E-state index contributed by atoms with van der Waals surface area (Å²) in [6.07, 6.45) is 4.02. The number of carbonyl (C=O) groups is 1. The third-order valence-corrected chi connectivity index (χ3v) is 5.57. The van der Waals surface area contributed by atoms with E-state index in [0.29, 0.717) is 12.2 Å². The van der Waals surface area contributed by atoms with Crippen LogP contribution in [0.3, 0.4) is 0 Å². The molecular weight excluding hydrogens is 374 g/mol. The SMILES string of the molecule is Cc1ccc(-n2nc(C(=O)NCCCN3CCNCC3)c3c2CCC3)cc1.Cl. The fourth-order valence-corrected chi connectivity index (χ4v) is 4.04. The normalized spacial score (nSPS) is 16.5. The summed E-state index contributed by atoms with van der Waals surface area (Å²) in [6.45, 7) is 8.15. The third kappa shape index (κ3) is 4.57. The number of halogens is 1. The van der Waals surface area contributed by atoms with Crippen LogP contribution in [0.25, 0.3) is 5.69 Å². The van der Waals surface area contributed by atoms with Crippen LogP contribution in [0, 0.1) is 6.92 Å². The number of hydrogen-bond acceptors (Lipinski definition) is 4. The molecule has 0 atom stereocenters. The standard InChI is InChI=1S/C21H29N5O.ClH/c1-16-6-8-17(9-7-16)26-19-5-2-4-18(19)20(24-26)21(27)23-10-3-13-25-14-11-22-12-15-25;/h6-9,22H,2-5,10-15H2,1H3,(H,23,27);1H. The van der Waals surface area contributed by atoms with Gasteiger partial charge >= 0.3 is 0 Å². The van der Waals surface area contributed by atoms with Gasteiger partial charge in [0.2, 0.25) is 0 Å². The number of amides is 1. The molecule has 2 aromatic rings. The lowest BCUT2D eigenvalue weighted by molar-refractivity contribution is 0.0945. The van der Waals surface area contributed by atoms with Crippen molar-refractivity contribution in [1.82, 2.24) is 25.3 Å². The molecule has 0 unspecified atom stereocenters. The second-order valence-corrected chi connectivity index (χ2v) is 7.58. The third-order valence-electron chi connectivity index (χ3n) is 5.57. The lowest BCUT2D eigenvalue weighted by atomic mass is 10.2. The molecular formula is C21H30ClN5O. The van der Waals surface area contributed by atoms with Gasteiger partial charge in [0.15, 0.2) is 5.69 Å². The van der Waals surface area contributed by atoms with Crippen molar-refractivity contribution in [2.75, 3.05) is 39.3 Å². The van der Waals surface area contributed by atoms with Gasteiger partial charge in [-0.3, -0.25) is 4.79 Å². The maximum absolute atomic E-state index is 12.7. The number of hydrogen-bond donors (Lipinski definition) is 2. The molecule has 7 heteroatoms. The van der Waals surface area contributed by atoms with Crippen LogP contribution in [-0.2, 0) is 12.8 Å². The molecule has 28 heavy (non-hydrogen) atoms. The van der Waals surface area contributed by atoms with E-state index >= 15 is 0 Å². The molecule has 1 aromatic carbocycles. The molecule has 1 aliphatic heterocycles. The smallest absolute Gasteiger partial charge is 0.272 e. The van der Waals surface area contributed by atoms with Crippen LogP contribution in [0.4, 0.5) is 0 Å². The minimum Gasteiger partial charge on any atom is -0.351 e. The molecule has 6 nitrogen and oxygen atoms in total. The fourth-order valence-electron chi connectivity index (χ4n) is 4.04. The number of carbonyl (C=O) groups excluding carboxylic acids is 1. The molecule has 152 valence electrons. The molecule has 1 aliphatic carbocycles. The zero-order valence-electron chi connectivity index (χ0n) is 16.5. The van der Waals surface area contributed by atoms with E-state index in [0.717, 1.165) is 69.7 Å². The highest BCUT2D eigenvalue weighted by Gasteiger charge is 2.26. The Labute approximate surface area is 173 Å². The van der Waals surface area contributed by atoms with Crippen LogP contribution in [0.15, 0.2) is 24.3 Å². The molecule has 2 aliphatic rings. The molecule has 0 radical (unpaired) electrons. The molecule has 1 saturated heterocycles. The number of fused-ring (bicyclic) bond motifs is 1. The Hall–Kier alpha value is -1.89. The van der Waals surface area contributed by atoms with Gasteiger partial charge in [0.1, 0.15) is 0 Å². The highest BCUT2D eigenvalue weighted by molar-refractivity contribution is 5.94. The average Bonchev–Trinajstić information content (AvgIpc) is 3.29. The van der Waals surface area contributed by atoms with Crippen molar-refractivity contribution in [3.63, 3.8) is 0 Å². The zero-order valence-corrected chi connectivity index (χ0v) is 17.4. The molecule has 4 rings (SSSR count). The first kappa shape index (κ1) is 20.8. The summed E-state index contributed by atoms with van der Waals surface area (Å²) in [6, 6.07) is 8.34. The number of rotatable bonds is 6. The number of aromatic nitrogens is 2. The monoisotopic (exact) mass is 403 g/mol. The Morgan fingerprint density at radius 1 is 1.18 bits per heavy atom. The molecule has 2 heterocycles. The quantitative estimate of drug-likeness (QED) is 0.725. The lowest BCUT2D eigenvalue weighted by Gasteiger charge is -2.27. The van der Waals surface area contributed by atoms with Crippen molar-refractivity contribution in [3.05, 3.63) is 46.8 Å². The van der Waals surface area contributed by atoms with E-state index in [1.165, 1.54) is 11.3 Å². The fraction of sp³-hybridized carbons (Fsp3) is 0.524. The van der Waals surface area contributed by atoms with Gasteiger partial charge in [-0.05, 0) is 51.3 Å². The Morgan fingerprint density at radius 2 is 1.93 bits per heavy atom. The van der Waals surface area contributed by atoms with Crippen LogP contribution < -0.4 is 10.6 Å². The number of nitrogens with zero attached hydrogens (tertiary/aromatic N) is 3. The van der Waals surface area contributed by atoms with Gasteiger partial charge in [0.25, 0.3) is 5.91 Å².